The van der Waals surface area contributed by atoms with Gasteiger partial charge >= 0.3 is 6.03 Å². The number of ether oxygens (including phenoxy) is 1. The first-order valence-electron chi connectivity index (χ1n) is 9.70. The van der Waals surface area contributed by atoms with E-state index < -0.39 is 17.2 Å². The molecular weight excluding hydrogens is 392 g/mol. The first-order valence-corrected chi connectivity index (χ1v) is 10.6. The predicted octanol–water partition coefficient (Wildman–Crippen LogP) is 2.54. The minimum Gasteiger partial charge on any atom is -0.379 e. The highest BCUT2D eigenvalue weighted by molar-refractivity contribution is 8.00. The van der Waals surface area contributed by atoms with Gasteiger partial charge in [0.1, 0.15) is 0 Å². The molecule has 29 heavy (non-hydrogen) atoms. The molecule has 0 aliphatic rings. The number of carbonyl (C=O) groups is 2. The third-order valence-corrected chi connectivity index (χ3v) is 5.12. The number of imide groups is 1. The molecule has 1 aromatic carbocycles. The number of hydrogen-bond acceptors (Lipinski definition) is 6. The number of benzene rings is 1. The number of hydrogen-bond donors (Lipinski definition) is 2. The minimum absolute atomic E-state index is 0.119. The smallest absolute Gasteiger partial charge is 0.321 e. The van der Waals surface area contributed by atoms with Crippen LogP contribution in [-0.2, 0) is 16.1 Å². The Balaban J connectivity index is 2.25. The maximum absolute atomic E-state index is 13.0. The van der Waals surface area contributed by atoms with Crippen LogP contribution in [0, 0.1) is 0 Å². The van der Waals surface area contributed by atoms with Crippen molar-refractivity contribution >= 4 is 34.6 Å². The van der Waals surface area contributed by atoms with E-state index in [9.17, 15) is 14.4 Å². The van der Waals surface area contributed by atoms with E-state index in [1.54, 1.807) is 36.6 Å². The van der Waals surface area contributed by atoms with Crippen molar-refractivity contribution in [3.63, 3.8) is 0 Å². The minimum atomic E-state index is -0.608. The van der Waals surface area contributed by atoms with Gasteiger partial charge in [0.05, 0.1) is 22.3 Å². The Morgan fingerprint density at radius 2 is 1.97 bits per heavy atom. The summed E-state index contributed by atoms with van der Waals surface area (Å²) >= 11 is 1.15. The van der Waals surface area contributed by atoms with Gasteiger partial charge in [-0.25, -0.2) is 9.78 Å². The molecule has 1 unspecified atom stereocenters. The SMILES string of the molecule is CCNC(=O)NC(=O)C(C)Sc1nc2ccccc2c(=O)n1CCCOC(C)C. The zero-order valence-corrected chi connectivity index (χ0v) is 18.0. The van der Waals surface area contributed by atoms with Crippen LogP contribution in [0.1, 0.15) is 34.1 Å². The molecule has 0 saturated carbocycles. The van der Waals surface area contributed by atoms with Crippen LogP contribution >= 0.6 is 11.8 Å². The number of thioether (sulfide) groups is 1. The Morgan fingerprint density at radius 3 is 2.66 bits per heavy atom. The van der Waals surface area contributed by atoms with Crippen LogP contribution in [0.25, 0.3) is 10.9 Å². The van der Waals surface area contributed by atoms with Gasteiger partial charge < -0.3 is 10.1 Å². The average molecular weight is 421 g/mol. The standard InChI is InChI=1S/C20H28N4O4S/c1-5-21-19(27)23-17(25)14(4)29-20-22-16-10-7-6-9-15(16)18(26)24(20)11-8-12-28-13(2)3/h6-7,9-10,13-14H,5,8,11-12H2,1-4H3,(H2,21,23,25,27). The first kappa shape index (κ1) is 22.9. The summed E-state index contributed by atoms with van der Waals surface area (Å²) in [6, 6.07) is 6.58. The number of nitrogens with zero attached hydrogens (tertiary/aromatic N) is 2. The Hall–Kier alpha value is -2.39. The molecule has 1 aromatic heterocycles. The van der Waals surface area contributed by atoms with Crippen molar-refractivity contribution < 1.29 is 14.3 Å². The fraction of sp³-hybridized carbons (Fsp3) is 0.500. The summed E-state index contributed by atoms with van der Waals surface area (Å²) in [5, 5.41) is 5.17. The lowest BCUT2D eigenvalue weighted by Crippen LogP contribution is -2.42. The number of aromatic nitrogens is 2. The van der Waals surface area contributed by atoms with E-state index >= 15 is 0 Å². The van der Waals surface area contributed by atoms with Gasteiger partial charge in [0, 0.05) is 19.7 Å². The summed E-state index contributed by atoms with van der Waals surface area (Å²) in [7, 11) is 0. The third-order valence-electron chi connectivity index (χ3n) is 4.03. The first-order chi connectivity index (χ1) is 13.8. The fourth-order valence-corrected chi connectivity index (χ4v) is 3.54. The number of nitrogens with one attached hydrogen (secondary N) is 2. The zero-order valence-electron chi connectivity index (χ0n) is 17.2. The normalized spacial score (nSPS) is 12.2. The lowest BCUT2D eigenvalue weighted by molar-refractivity contribution is -0.119. The van der Waals surface area contributed by atoms with Gasteiger partial charge in [-0.2, -0.15) is 0 Å². The summed E-state index contributed by atoms with van der Waals surface area (Å²) in [5.74, 6) is -0.446. The lowest BCUT2D eigenvalue weighted by Gasteiger charge is -2.16. The van der Waals surface area contributed by atoms with Crippen LogP contribution < -0.4 is 16.2 Å². The van der Waals surface area contributed by atoms with E-state index in [4.69, 9.17) is 4.74 Å². The highest BCUT2D eigenvalue weighted by Gasteiger charge is 2.20. The summed E-state index contributed by atoms with van der Waals surface area (Å²) < 4.78 is 7.14. The van der Waals surface area contributed by atoms with Gasteiger partial charge in [-0.05, 0) is 46.2 Å². The van der Waals surface area contributed by atoms with E-state index in [0.717, 1.165) is 11.8 Å². The predicted molar refractivity (Wildman–Crippen MR) is 114 cm³/mol. The van der Waals surface area contributed by atoms with Gasteiger partial charge in [-0.15, -0.1) is 0 Å². The summed E-state index contributed by atoms with van der Waals surface area (Å²) in [4.78, 5) is 41.5. The summed E-state index contributed by atoms with van der Waals surface area (Å²) in [5.41, 5.74) is 0.421. The monoisotopic (exact) mass is 420 g/mol. The molecule has 0 aliphatic carbocycles. The molecule has 0 spiro atoms. The second-order valence-corrected chi connectivity index (χ2v) is 8.06. The molecule has 2 N–H and O–H groups in total. The molecule has 8 nitrogen and oxygen atoms in total. The van der Waals surface area contributed by atoms with Gasteiger partial charge in [0.2, 0.25) is 5.91 Å². The van der Waals surface area contributed by atoms with Crippen molar-refractivity contribution in [3.05, 3.63) is 34.6 Å². The molecule has 3 amide bonds. The highest BCUT2D eigenvalue weighted by atomic mass is 32.2. The van der Waals surface area contributed by atoms with Crippen molar-refractivity contribution in [3.8, 4) is 0 Å². The molecular formula is C20H28N4O4S. The summed E-state index contributed by atoms with van der Waals surface area (Å²) in [6.45, 7) is 8.73. The zero-order chi connectivity index (χ0) is 21.4. The quantitative estimate of drug-likeness (QED) is 0.367. The molecule has 2 rings (SSSR count). The number of amides is 3. The molecule has 0 radical (unpaired) electrons. The average Bonchev–Trinajstić information content (AvgIpc) is 2.67. The van der Waals surface area contributed by atoms with Crippen LogP contribution in [0.4, 0.5) is 4.79 Å². The number of rotatable bonds is 9. The van der Waals surface area contributed by atoms with Crippen molar-refractivity contribution in [1.82, 2.24) is 20.2 Å². The van der Waals surface area contributed by atoms with E-state index in [1.807, 2.05) is 19.9 Å². The molecule has 0 fully saturated rings. The fourth-order valence-electron chi connectivity index (χ4n) is 2.61. The largest absolute Gasteiger partial charge is 0.379 e. The van der Waals surface area contributed by atoms with Crippen LogP contribution in [0.15, 0.2) is 34.2 Å². The lowest BCUT2D eigenvalue weighted by atomic mass is 10.2. The number of fused-ring (bicyclic) bond motifs is 1. The number of carbonyl (C=O) groups excluding carboxylic acids is 2. The van der Waals surface area contributed by atoms with Gasteiger partial charge in [-0.1, -0.05) is 23.9 Å². The Morgan fingerprint density at radius 1 is 1.24 bits per heavy atom. The Kier molecular flexibility index (Phi) is 8.66. The van der Waals surface area contributed by atoms with Crippen LogP contribution in [0.2, 0.25) is 0 Å². The van der Waals surface area contributed by atoms with Crippen LogP contribution in [-0.4, -0.2) is 46.0 Å². The maximum atomic E-state index is 13.0. The molecule has 1 heterocycles. The summed E-state index contributed by atoms with van der Waals surface area (Å²) in [6.07, 6.45) is 0.763. The third kappa shape index (κ3) is 6.57. The van der Waals surface area contributed by atoms with Crippen molar-refractivity contribution in [2.24, 2.45) is 0 Å². The maximum Gasteiger partial charge on any atom is 0.321 e. The second kappa shape index (κ2) is 11.0. The van der Waals surface area contributed by atoms with Crippen molar-refractivity contribution in [2.45, 2.75) is 57.2 Å². The molecule has 158 valence electrons. The van der Waals surface area contributed by atoms with Gasteiger partial charge in [0.25, 0.3) is 5.56 Å². The van der Waals surface area contributed by atoms with Crippen molar-refractivity contribution in [2.75, 3.05) is 13.2 Å². The van der Waals surface area contributed by atoms with Crippen molar-refractivity contribution in [1.29, 1.82) is 0 Å². The molecule has 2 aromatic rings. The van der Waals surface area contributed by atoms with Crippen LogP contribution in [0.3, 0.4) is 0 Å². The van der Waals surface area contributed by atoms with E-state index in [1.165, 1.54) is 0 Å². The van der Waals surface area contributed by atoms with E-state index in [-0.39, 0.29) is 11.7 Å². The van der Waals surface area contributed by atoms with Gasteiger partial charge in [-0.3, -0.25) is 19.5 Å². The molecule has 0 bridgehead atoms. The molecule has 0 aliphatic heterocycles. The van der Waals surface area contributed by atoms with Crippen LogP contribution in [0.5, 0.6) is 0 Å². The second-order valence-electron chi connectivity index (χ2n) is 6.75. The van der Waals surface area contributed by atoms with E-state index in [0.29, 0.717) is 42.2 Å². The molecule has 9 heteroatoms. The highest BCUT2D eigenvalue weighted by Crippen LogP contribution is 2.23. The molecule has 1 atom stereocenters. The van der Waals surface area contributed by atoms with Gasteiger partial charge in [0.15, 0.2) is 5.16 Å². The number of para-hydroxylation sites is 1. The Bertz CT molecular complexity index is 913. The topological polar surface area (TPSA) is 102 Å². The van der Waals surface area contributed by atoms with E-state index in [2.05, 4.69) is 15.6 Å². The molecule has 0 saturated heterocycles. The Labute approximate surface area is 174 Å². The number of urea groups is 1.